The fourth-order valence-electron chi connectivity index (χ4n) is 2.88. The van der Waals surface area contributed by atoms with Gasteiger partial charge in [-0.1, -0.05) is 6.07 Å². The molecule has 0 saturated carbocycles. The van der Waals surface area contributed by atoms with Crippen LogP contribution < -0.4 is 20.3 Å². The summed E-state index contributed by atoms with van der Waals surface area (Å²) in [5.41, 5.74) is 3.47. The minimum atomic E-state index is -0.222. The molecule has 0 fully saturated rings. The molecule has 2 aromatic carbocycles. The Balaban J connectivity index is 1.54. The summed E-state index contributed by atoms with van der Waals surface area (Å²) in [6, 6.07) is 13.1. The number of carbonyl (C=O) groups excluding carboxylic acids is 1. The standard InChI is InChI=1S/C22H24N2O4/c1-14-4-6-19(10-15(14)2)28-13-21(25)23-9-8-17-11-16-5-7-18(27-3)12-20(16)24-22(17)26/h4-7,10-12H,8-9,13H2,1-3H3,(H,23,25)(H,24,26). The zero-order chi connectivity index (χ0) is 20.1. The van der Waals surface area contributed by atoms with Crippen LogP contribution in [-0.2, 0) is 11.2 Å². The van der Waals surface area contributed by atoms with Crippen LogP contribution in [0.5, 0.6) is 11.5 Å². The summed E-state index contributed by atoms with van der Waals surface area (Å²) in [4.78, 5) is 27.1. The van der Waals surface area contributed by atoms with Crippen molar-refractivity contribution in [2.24, 2.45) is 0 Å². The van der Waals surface area contributed by atoms with Crippen molar-refractivity contribution in [3.63, 3.8) is 0 Å². The lowest BCUT2D eigenvalue weighted by molar-refractivity contribution is -0.123. The second kappa shape index (κ2) is 8.61. The lowest BCUT2D eigenvalue weighted by Crippen LogP contribution is -2.31. The number of rotatable bonds is 7. The Morgan fingerprint density at radius 1 is 1.04 bits per heavy atom. The van der Waals surface area contributed by atoms with Crippen LogP contribution in [-0.4, -0.2) is 31.2 Å². The molecule has 3 aromatic rings. The molecule has 0 atom stereocenters. The first-order valence-electron chi connectivity index (χ1n) is 9.13. The number of benzene rings is 2. The van der Waals surface area contributed by atoms with Gasteiger partial charge < -0.3 is 19.8 Å². The van der Waals surface area contributed by atoms with Gasteiger partial charge in [-0.05, 0) is 67.1 Å². The van der Waals surface area contributed by atoms with E-state index in [1.165, 1.54) is 5.56 Å². The van der Waals surface area contributed by atoms with Crippen LogP contribution in [0.1, 0.15) is 16.7 Å². The highest BCUT2D eigenvalue weighted by Crippen LogP contribution is 2.18. The van der Waals surface area contributed by atoms with Gasteiger partial charge in [-0.3, -0.25) is 9.59 Å². The quantitative estimate of drug-likeness (QED) is 0.660. The first kappa shape index (κ1) is 19.5. The number of fused-ring (bicyclic) bond motifs is 1. The lowest BCUT2D eigenvalue weighted by Gasteiger charge is -2.09. The Morgan fingerprint density at radius 3 is 2.57 bits per heavy atom. The molecule has 146 valence electrons. The number of hydrogen-bond donors (Lipinski definition) is 2. The predicted octanol–water partition coefficient (Wildman–Crippen LogP) is 2.89. The lowest BCUT2D eigenvalue weighted by atomic mass is 10.1. The molecule has 0 bridgehead atoms. The van der Waals surface area contributed by atoms with E-state index < -0.39 is 0 Å². The molecule has 6 nitrogen and oxygen atoms in total. The van der Waals surface area contributed by atoms with Crippen LogP contribution in [0, 0.1) is 13.8 Å². The molecular formula is C22H24N2O4. The summed E-state index contributed by atoms with van der Waals surface area (Å²) >= 11 is 0. The van der Waals surface area contributed by atoms with Crippen LogP contribution in [0.3, 0.4) is 0 Å². The van der Waals surface area contributed by atoms with Gasteiger partial charge in [-0.25, -0.2) is 0 Å². The second-order valence-electron chi connectivity index (χ2n) is 6.71. The number of carbonyl (C=O) groups is 1. The number of aromatic amines is 1. The minimum absolute atomic E-state index is 0.0592. The van der Waals surface area contributed by atoms with Crippen molar-refractivity contribution in [2.75, 3.05) is 20.3 Å². The maximum absolute atomic E-state index is 12.2. The first-order chi connectivity index (χ1) is 13.5. The Morgan fingerprint density at radius 2 is 1.82 bits per heavy atom. The normalized spacial score (nSPS) is 10.7. The molecule has 0 unspecified atom stereocenters. The fraction of sp³-hybridized carbons (Fsp3) is 0.273. The molecule has 0 saturated heterocycles. The molecule has 1 heterocycles. The smallest absolute Gasteiger partial charge is 0.257 e. The number of ether oxygens (including phenoxy) is 2. The number of aromatic nitrogens is 1. The van der Waals surface area contributed by atoms with Crippen LogP contribution in [0.4, 0.5) is 0 Å². The fourth-order valence-corrected chi connectivity index (χ4v) is 2.88. The van der Waals surface area contributed by atoms with Gasteiger partial charge in [-0.2, -0.15) is 0 Å². The zero-order valence-corrected chi connectivity index (χ0v) is 16.3. The minimum Gasteiger partial charge on any atom is -0.497 e. The molecular weight excluding hydrogens is 356 g/mol. The second-order valence-corrected chi connectivity index (χ2v) is 6.71. The van der Waals surface area contributed by atoms with Gasteiger partial charge in [0.05, 0.1) is 12.6 Å². The van der Waals surface area contributed by atoms with E-state index in [1.54, 1.807) is 13.2 Å². The average Bonchev–Trinajstić information content (AvgIpc) is 2.69. The topological polar surface area (TPSA) is 80.4 Å². The maximum Gasteiger partial charge on any atom is 0.257 e. The van der Waals surface area contributed by atoms with E-state index in [2.05, 4.69) is 10.3 Å². The van der Waals surface area contributed by atoms with Gasteiger partial charge in [0.2, 0.25) is 0 Å². The number of methoxy groups -OCH3 is 1. The SMILES string of the molecule is COc1ccc2cc(CCNC(=O)COc3ccc(C)c(C)c3)c(=O)[nH]c2c1. The van der Waals surface area contributed by atoms with E-state index in [9.17, 15) is 9.59 Å². The van der Waals surface area contributed by atoms with E-state index in [-0.39, 0.29) is 18.1 Å². The summed E-state index contributed by atoms with van der Waals surface area (Å²) in [5.74, 6) is 1.13. The van der Waals surface area contributed by atoms with Gasteiger partial charge in [0.25, 0.3) is 11.5 Å². The van der Waals surface area contributed by atoms with Gasteiger partial charge in [0.15, 0.2) is 6.61 Å². The highest BCUT2D eigenvalue weighted by atomic mass is 16.5. The van der Waals surface area contributed by atoms with Gasteiger partial charge in [0.1, 0.15) is 11.5 Å². The monoisotopic (exact) mass is 380 g/mol. The van der Waals surface area contributed by atoms with Crippen molar-refractivity contribution in [1.29, 1.82) is 0 Å². The summed E-state index contributed by atoms with van der Waals surface area (Å²) in [7, 11) is 1.58. The van der Waals surface area contributed by atoms with Crippen LogP contribution in [0.25, 0.3) is 10.9 Å². The third kappa shape index (κ3) is 4.71. The van der Waals surface area contributed by atoms with Gasteiger partial charge in [-0.15, -0.1) is 0 Å². The first-order valence-corrected chi connectivity index (χ1v) is 9.13. The third-order valence-corrected chi connectivity index (χ3v) is 4.69. The van der Waals surface area contributed by atoms with E-state index in [1.807, 2.05) is 50.2 Å². The molecule has 0 spiro atoms. The maximum atomic E-state index is 12.2. The van der Waals surface area contributed by atoms with E-state index in [4.69, 9.17) is 9.47 Å². The zero-order valence-electron chi connectivity index (χ0n) is 16.3. The summed E-state index contributed by atoms with van der Waals surface area (Å²) < 4.78 is 10.7. The largest absolute Gasteiger partial charge is 0.497 e. The molecule has 3 rings (SSSR count). The van der Waals surface area contributed by atoms with Crippen molar-refractivity contribution in [3.8, 4) is 11.5 Å². The summed E-state index contributed by atoms with van der Waals surface area (Å²) in [6.07, 6.45) is 0.437. The molecule has 0 aliphatic heterocycles. The van der Waals surface area contributed by atoms with Gasteiger partial charge >= 0.3 is 0 Å². The molecule has 1 aromatic heterocycles. The molecule has 2 N–H and O–H groups in total. The summed E-state index contributed by atoms with van der Waals surface area (Å²) in [6.45, 7) is 4.33. The number of hydrogen-bond acceptors (Lipinski definition) is 4. The van der Waals surface area contributed by atoms with Crippen molar-refractivity contribution in [1.82, 2.24) is 10.3 Å². The van der Waals surface area contributed by atoms with E-state index in [0.717, 1.165) is 16.5 Å². The Kier molecular flexibility index (Phi) is 5.99. The molecule has 0 aliphatic carbocycles. The van der Waals surface area contributed by atoms with Gasteiger partial charge in [0, 0.05) is 18.2 Å². The van der Waals surface area contributed by atoms with E-state index >= 15 is 0 Å². The predicted molar refractivity (Wildman–Crippen MR) is 109 cm³/mol. The number of H-pyrrole nitrogens is 1. The number of amides is 1. The average molecular weight is 380 g/mol. The highest BCUT2D eigenvalue weighted by Gasteiger charge is 2.07. The van der Waals surface area contributed by atoms with Crippen LogP contribution in [0.15, 0.2) is 47.3 Å². The van der Waals surface area contributed by atoms with Crippen molar-refractivity contribution < 1.29 is 14.3 Å². The summed E-state index contributed by atoms with van der Waals surface area (Å²) in [5, 5.41) is 3.70. The molecule has 0 radical (unpaired) electrons. The number of pyridine rings is 1. The number of aryl methyl sites for hydroxylation is 2. The Hall–Kier alpha value is -3.28. The van der Waals surface area contributed by atoms with Crippen LogP contribution in [0.2, 0.25) is 0 Å². The third-order valence-electron chi connectivity index (χ3n) is 4.69. The van der Waals surface area contributed by atoms with Crippen molar-refractivity contribution in [3.05, 3.63) is 69.5 Å². The Labute approximate surface area is 163 Å². The van der Waals surface area contributed by atoms with E-state index in [0.29, 0.717) is 30.0 Å². The highest BCUT2D eigenvalue weighted by molar-refractivity contribution is 5.80. The molecule has 1 amide bonds. The molecule has 28 heavy (non-hydrogen) atoms. The van der Waals surface area contributed by atoms with Crippen molar-refractivity contribution >= 4 is 16.8 Å². The number of nitrogens with one attached hydrogen (secondary N) is 2. The van der Waals surface area contributed by atoms with Crippen LogP contribution >= 0.6 is 0 Å². The molecule has 6 heteroatoms. The molecule has 0 aliphatic rings. The Bertz CT molecular complexity index is 1060. The van der Waals surface area contributed by atoms with Crippen molar-refractivity contribution in [2.45, 2.75) is 20.3 Å².